The lowest BCUT2D eigenvalue weighted by Crippen LogP contribution is -2.40. The van der Waals surface area contributed by atoms with Crippen LogP contribution >= 0.6 is 0 Å². The summed E-state index contributed by atoms with van der Waals surface area (Å²) in [5, 5.41) is 12.5. The number of aliphatic hydroxyl groups is 1. The molecule has 1 amide bonds. The monoisotopic (exact) mass is 342 g/mol. The molecule has 1 saturated carbocycles. The Balaban J connectivity index is 1.83. The first-order valence-electron chi connectivity index (χ1n) is 8.85. The molecule has 3 rings (SSSR count). The standard InChI is InChI=1S/C20H26N2O3/c1-20(2,3)11-15(12-23)21-18(24)16-17(13-9-10-13)25-19(22-16)14-7-5-4-6-8-14/h4-8,13,15,23H,9-12H2,1-3H3,(H,21,24). The summed E-state index contributed by atoms with van der Waals surface area (Å²) in [6, 6.07) is 9.31. The second kappa shape index (κ2) is 7.00. The van der Waals surface area contributed by atoms with E-state index in [9.17, 15) is 9.90 Å². The molecule has 1 heterocycles. The van der Waals surface area contributed by atoms with Crippen molar-refractivity contribution in [1.82, 2.24) is 10.3 Å². The number of nitrogens with one attached hydrogen (secondary N) is 1. The summed E-state index contributed by atoms with van der Waals surface area (Å²) < 4.78 is 5.93. The number of rotatable bonds is 6. The van der Waals surface area contributed by atoms with Gasteiger partial charge in [-0.25, -0.2) is 4.98 Å². The maximum atomic E-state index is 12.8. The van der Waals surface area contributed by atoms with E-state index >= 15 is 0 Å². The average molecular weight is 342 g/mol. The number of carbonyl (C=O) groups excluding carboxylic acids is 1. The van der Waals surface area contributed by atoms with Crippen molar-refractivity contribution >= 4 is 5.91 Å². The minimum absolute atomic E-state index is 0.0129. The number of aromatic nitrogens is 1. The number of hydrogen-bond donors (Lipinski definition) is 2. The lowest BCUT2D eigenvalue weighted by atomic mass is 9.88. The van der Waals surface area contributed by atoms with Gasteiger partial charge in [0.2, 0.25) is 5.89 Å². The van der Waals surface area contributed by atoms with Gasteiger partial charge in [-0.3, -0.25) is 4.79 Å². The predicted molar refractivity (Wildman–Crippen MR) is 96.3 cm³/mol. The Morgan fingerprint density at radius 3 is 2.56 bits per heavy atom. The molecule has 2 N–H and O–H groups in total. The number of nitrogens with zero attached hydrogens (tertiary/aromatic N) is 1. The Hall–Kier alpha value is -2.14. The molecule has 0 saturated heterocycles. The lowest BCUT2D eigenvalue weighted by Gasteiger charge is -2.25. The first-order chi connectivity index (χ1) is 11.9. The predicted octanol–water partition coefficient (Wildman–Crippen LogP) is 3.75. The highest BCUT2D eigenvalue weighted by Gasteiger charge is 2.34. The second-order valence-electron chi connectivity index (χ2n) is 7.99. The van der Waals surface area contributed by atoms with Crippen LogP contribution in [0, 0.1) is 5.41 Å². The molecule has 1 unspecified atom stereocenters. The molecule has 1 aliphatic carbocycles. The molecule has 1 aromatic carbocycles. The number of aliphatic hydroxyl groups excluding tert-OH is 1. The SMILES string of the molecule is CC(C)(C)CC(CO)NC(=O)c1nc(-c2ccccc2)oc1C1CC1. The first kappa shape index (κ1) is 17.7. The Morgan fingerprint density at radius 1 is 1.32 bits per heavy atom. The summed E-state index contributed by atoms with van der Waals surface area (Å²) in [6.45, 7) is 6.16. The van der Waals surface area contributed by atoms with Gasteiger partial charge in [0.1, 0.15) is 5.76 Å². The molecule has 1 atom stereocenters. The summed E-state index contributed by atoms with van der Waals surface area (Å²) in [5.41, 5.74) is 1.23. The smallest absolute Gasteiger partial charge is 0.273 e. The fourth-order valence-electron chi connectivity index (χ4n) is 2.98. The summed E-state index contributed by atoms with van der Waals surface area (Å²) in [6.07, 6.45) is 2.74. The van der Waals surface area contributed by atoms with Crippen LogP contribution in [0.5, 0.6) is 0 Å². The molecular weight excluding hydrogens is 316 g/mol. The number of carbonyl (C=O) groups is 1. The maximum absolute atomic E-state index is 12.8. The quantitative estimate of drug-likeness (QED) is 0.838. The zero-order chi connectivity index (χ0) is 18.0. The molecule has 2 aromatic rings. The molecule has 25 heavy (non-hydrogen) atoms. The molecule has 0 aliphatic heterocycles. The molecule has 5 nitrogen and oxygen atoms in total. The van der Waals surface area contributed by atoms with Crippen molar-refractivity contribution in [2.24, 2.45) is 5.41 Å². The Bertz CT molecular complexity index is 727. The van der Waals surface area contributed by atoms with Gasteiger partial charge in [0, 0.05) is 11.5 Å². The zero-order valence-corrected chi connectivity index (χ0v) is 15.1. The van der Waals surface area contributed by atoms with Gasteiger partial charge in [0.25, 0.3) is 5.91 Å². The Labute approximate surface area is 148 Å². The third kappa shape index (κ3) is 4.48. The van der Waals surface area contributed by atoms with Crippen LogP contribution < -0.4 is 5.32 Å². The van der Waals surface area contributed by atoms with Crippen LogP contribution in [0.15, 0.2) is 34.7 Å². The van der Waals surface area contributed by atoms with Gasteiger partial charge in [-0.1, -0.05) is 39.0 Å². The minimum Gasteiger partial charge on any atom is -0.440 e. The molecule has 1 aromatic heterocycles. The molecule has 5 heteroatoms. The van der Waals surface area contributed by atoms with E-state index in [4.69, 9.17) is 4.42 Å². The van der Waals surface area contributed by atoms with Gasteiger partial charge in [0.05, 0.1) is 12.6 Å². The van der Waals surface area contributed by atoms with Crippen LogP contribution in [0.2, 0.25) is 0 Å². The van der Waals surface area contributed by atoms with Crippen molar-refractivity contribution in [1.29, 1.82) is 0 Å². The average Bonchev–Trinajstić information content (AvgIpc) is 3.32. The van der Waals surface area contributed by atoms with Crippen molar-refractivity contribution in [2.45, 2.75) is 52.0 Å². The highest BCUT2D eigenvalue weighted by molar-refractivity contribution is 5.94. The van der Waals surface area contributed by atoms with Gasteiger partial charge in [-0.2, -0.15) is 0 Å². The molecule has 0 bridgehead atoms. The highest BCUT2D eigenvalue weighted by Crippen LogP contribution is 2.43. The van der Waals surface area contributed by atoms with Crippen molar-refractivity contribution < 1.29 is 14.3 Å². The van der Waals surface area contributed by atoms with E-state index in [-0.39, 0.29) is 29.9 Å². The molecule has 0 radical (unpaired) electrons. The van der Waals surface area contributed by atoms with Gasteiger partial charge in [-0.05, 0) is 36.8 Å². The third-order valence-corrected chi connectivity index (χ3v) is 4.25. The third-order valence-electron chi connectivity index (χ3n) is 4.25. The van der Waals surface area contributed by atoms with Gasteiger partial charge < -0.3 is 14.8 Å². The molecule has 1 aliphatic rings. The van der Waals surface area contributed by atoms with Crippen LogP contribution in [-0.2, 0) is 0 Å². The fraction of sp³-hybridized carbons (Fsp3) is 0.500. The van der Waals surface area contributed by atoms with Gasteiger partial charge >= 0.3 is 0 Å². The summed E-state index contributed by atoms with van der Waals surface area (Å²) in [4.78, 5) is 17.2. The van der Waals surface area contributed by atoms with E-state index < -0.39 is 0 Å². The molecule has 134 valence electrons. The Kier molecular flexibility index (Phi) is 4.95. The number of hydrogen-bond acceptors (Lipinski definition) is 4. The molecular formula is C20H26N2O3. The van der Waals surface area contributed by atoms with Gasteiger partial charge in [-0.15, -0.1) is 0 Å². The van der Waals surface area contributed by atoms with Crippen LogP contribution in [-0.4, -0.2) is 28.6 Å². The van der Waals surface area contributed by atoms with Crippen LogP contribution in [0.3, 0.4) is 0 Å². The normalized spacial score (nSPS) is 15.8. The van der Waals surface area contributed by atoms with E-state index in [1.807, 2.05) is 30.3 Å². The summed E-state index contributed by atoms with van der Waals surface area (Å²) in [5.74, 6) is 1.16. The number of amides is 1. The van der Waals surface area contributed by atoms with E-state index in [1.54, 1.807) is 0 Å². The topological polar surface area (TPSA) is 75.4 Å². The number of benzene rings is 1. The maximum Gasteiger partial charge on any atom is 0.273 e. The van der Waals surface area contributed by atoms with Crippen molar-refractivity contribution in [3.63, 3.8) is 0 Å². The Morgan fingerprint density at radius 2 is 2.00 bits per heavy atom. The largest absolute Gasteiger partial charge is 0.440 e. The molecule has 1 fully saturated rings. The van der Waals surface area contributed by atoms with Crippen molar-refractivity contribution in [2.75, 3.05) is 6.61 Å². The van der Waals surface area contributed by atoms with Crippen LogP contribution in [0.4, 0.5) is 0 Å². The van der Waals surface area contributed by atoms with E-state index in [0.717, 1.165) is 18.4 Å². The fourth-order valence-corrected chi connectivity index (χ4v) is 2.98. The minimum atomic E-state index is -0.295. The second-order valence-corrected chi connectivity index (χ2v) is 7.99. The molecule has 0 spiro atoms. The van der Waals surface area contributed by atoms with Crippen LogP contribution in [0.1, 0.15) is 62.2 Å². The highest BCUT2D eigenvalue weighted by atomic mass is 16.4. The summed E-state index contributed by atoms with van der Waals surface area (Å²) >= 11 is 0. The first-order valence-corrected chi connectivity index (χ1v) is 8.85. The van der Waals surface area contributed by atoms with Crippen molar-refractivity contribution in [3.05, 3.63) is 41.8 Å². The van der Waals surface area contributed by atoms with E-state index in [1.165, 1.54) is 0 Å². The van der Waals surface area contributed by atoms with E-state index in [0.29, 0.717) is 23.8 Å². The lowest BCUT2D eigenvalue weighted by molar-refractivity contribution is 0.0891. The zero-order valence-electron chi connectivity index (χ0n) is 15.1. The van der Waals surface area contributed by atoms with Gasteiger partial charge in [0.15, 0.2) is 5.69 Å². The summed E-state index contributed by atoms with van der Waals surface area (Å²) in [7, 11) is 0. The van der Waals surface area contributed by atoms with E-state index in [2.05, 4.69) is 31.1 Å². The van der Waals surface area contributed by atoms with Crippen molar-refractivity contribution in [3.8, 4) is 11.5 Å². The van der Waals surface area contributed by atoms with Crippen LogP contribution in [0.25, 0.3) is 11.5 Å². The number of oxazole rings is 1.